The van der Waals surface area contributed by atoms with Crippen LogP contribution in [-0.4, -0.2) is 43.8 Å². The first-order valence-electron chi connectivity index (χ1n) is 7.24. The standard InChI is InChI=1S/C15H33NO3S/c1-12(2)19-13(10-14(3,4)5)11-15(6,7)16(8)20(9,17)18/h12-13H,10-11H2,1-9H3. The fraction of sp³-hybridized carbons (Fsp3) is 1.00. The van der Waals surface area contributed by atoms with Crippen LogP contribution < -0.4 is 0 Å². The maximum absolute atomic E-state index is 11.8. The summed E-state index contributed by atoms with van der Waals surface area (Å²) >= 11 is 0. The Kier molecular flexibility index (Phi) is 6.71. The van der Waals surface area contributed by atoms with Crippen molar-refractivity contribution in [3.05, 3.63) is 0 Å². The molecular formula is C15H33NO3S. The van der Waals surface area contributed by atoms with Gasteiger partial charge in [0.15, 0.2) is 0 Å². The van der Waals surface area contributed by atoms with Gasteiger partial charge in [-0.15, -0.1) is 0 Å². The van der Waals surface area contributed by atoms with E-state index in [-0.39, 0.29) is 17.6 Å². The van der Waals surface area contributed by atoms with Gasteiger partial charge in [-0.1, -0.05) is 20.8 Å². The molecular weight excluding hydrogens is 274 g/mol. The van der Waals surface area contributed by atoms with Crippen molar-refractivity contribution >= 4 is 10.0 Å². The highest BCUT2D eigenvalue weighted by Crippen LogP contribution is 2.30. The summed E-state index contributed by atoms with van der Waals surface area (Å²) < 4.78 is 31.0. The summed E-state index contributed by atoms with van der Waals surface area (Å²) in [4.78, 5) is 0. The lowest BCUT2D eigenvalue weighted by Crippen LogP contribution is -2.47. The average molecular weight is 308 g/mol. The summed E-state index contributed by atoms with van der Waals surface area (Å²) in [6.45, 7) is 14.5. The molecule has 0 heterocycles. The lowest BCUT2D eigenvalue weighted by molar-refractivity contribution is -0.0349. The lowest BCUT2D eigenvalue weighted by Gasteiger charge is -2.38. The van der Waals surface area contributed by atoms with Gasteiger partial charge in [0.1, 0.15) is 0 Å². The Bertz CT molecular complexity index is 394. The van der Waals surface area contributed by atoms with Crippen LogP contribution >= 0.6 is 0 Å². The molecule has 0 spiro atoms. The van der Waals surface area contributed by atoms with E-state index in [0.717, 1.165) is 6.42 Å². The van der Waals surface area contributed by atoms with Crippen molar-refractivity contribution in [1.29, 1.82) is 0 Å². The lowest BCUT2D eigenvalue weighted by atomic mass is 9.84. The van der Waals surface area contributed by atoms with Crippen LogP contribution in [0.5, 0.6) is 0 Å². The zero-order chi connectivity index (χ0) is 16.4. The van der Waals surface area contributed by atoms with Gasteiger partial charge < -0.3 is 4.74 Å². The van der Waals surface area contributed by atoms with Crippen molar-refractivity contribution in [3.8, 4) is 0 Å². The van der Waals surface area contributed by atoms with E-state index in [2.05, 4.69) is 20.8 Å². The van der Waals surface area contributed by atoms with Gasteiger partial charge in [0.05, 0.1) is 18.5 Å². The second kappa shape index (κ2) is 6.75. The summed E-state index contributed by atoms with van der Waals surface area (Å²) in [6.07, 6.45) is 3.03. The molecule has 0 aromatic carbocycles. The Morgan fingerprint density at radius 3 is 1.80 bits per heavy atom. The number of ether oxygens (including phenoxy) is 1. The van der Waals surface area contributed by atoms with Crippen LogP contribution in [0.15, 0.2) is 0 Å². The van der Waals surface area contributed by atoms with Gasteiger partial charge in [-0.05, 0) is 46.0 Å². The first-order valence-corrected chi connectivity index (χ1v) is 9.09. The predicted octanol–water partition coefficient (Wildman–Crippen LogP) is 3.28. The number of hydrogen-bond donors (Lipinski definition) is 0. The molecule has 0 saturated heterocycles. The largest absolute Gasteiger partial charge is 0.375 e. The Morgan fingerprint density at radius 2 is 1.50 bits per heavy atom. The second-order valence-electron chi connectivity index (χ2n) is 7.82. The van der Waals surface area contributed by atoms with Crippen molar-refractivity contribution in [2.24, 2.45) is 5.41 Å². The van der Waals surface area contributed by atoms with Crippen LogP contribution in [-0.2, 0) is 14.8 Å². The highest BCUT2D eigenvalue weighted by molar-refractivity contribution is 7.88. The van der Waals surface area contributed by atoms with Gasteiger partial charge in [-0.25, -0.2) is 8.42 Å². The van der Waals surface area contributed by atoms with Gasteiger partial charge in [0.25, 0.3) is 0 Å². The molecule has 0 aromatic rings. The van der Waals surface area contributed by atoms with Gasteiger partial charge in [0, 0.05) is 12.6 Å². The number of rotatable bonds is 7. The minimum atomic E-state index is -3.20. The molecule has 122 valence electrons. The molecule has 20 heavy (non-hydrogen) atoms. The summed E-state index contributed by atoms with van der Waals surface area (Å²) in [5, 5.41) is 0. The molecule has 0 N–H and O–H groups in total. The second-order valence-corrected chi connectivity index (χ2v) is 9.83. The summed E-state index contributed by atoms with van der Waals surface area (Å²) in [6, 6.07) is 0. The molecule has 4 nitrogen and oxygen atoms in total. The predicted molar refractivity (Wildman–Crippen MR) is 85.4 cm³/mol. The summed E-state index contributed by atoms with van der Waals surface area (Å²) in [5.41, 5.74) is -0.308. The normalized spacial score (nSPS) is 15.9. The highest BCUT2D eigenvalue weighted by Gasteiger charge is 2.34. The minimum absolute atomic E-state index is 0.0502. The molecule has 0 amide bonds. The summed E-state index contributed by atoms with van der Waals surface area (Å²) in [5.74, 6) is 0. The molecule has 0 aliphatic heterocycles. The zero-order valence-corrected chi connectivity index (χ0v) is 15.5. The van der Waals surface area contributed by atoms with Crippen LogP contribution in [0, 0.1) is 5.41 Å². The van der Waals surface area contributed by atoms with E-state index in [1.54, 1.807) is 7.05 Å². The molecule has 0 fully saturated rings. The van der Waals surface area contributed by atoms with E-state index in [1.165, 1.54) is 10.6 Å². The first-order chi connectivity index (χ1) is 8.65. The minimum Gasteiger partial charge on any atom is -0.375 e. The van der Waals surface area contributed by atoms with Crippen molar-refractivity contribution in [3.63, 3.8) is 0 Å². The Labute approximate surface area is 125 Å². The van der Waals surface area contributed by atoms with Gasteiger partial charge >= 0.3 is 0 Å². The smallest absolute Gasteiger partial charge is 0.211 e. The molecule has 1 atom stereocenters. The highest BCUT2D eigenvalue weighted by atomic mass is 32.2. The third-order valence-electron chi connectivity index (χ3n) is 3.38. The first kappa shape index (κ1) is 19.9. The molecule has 0 rings (SSSR count). The average Bonchev–Trinajstić information content (AvgIpc) is 2.09. The fourth-order valence-electron chi connectivity index (χ4n) is 2.37. The summed E-state index contributed by atoms with van der Waals surface area (Å²) in [7, 11) is -1.56. The zero-order valence-electron chi connectivity index (χ0n) is 14.6. The third-order valence-corrected chi connectivity index (χ3v) is 4.87. The number of nitrogens with zero attached hydrogens (tertiary/aromatic N) is 1. The molecule has 0 radical (unpaired) electrons. The number of sulfonamides is 1. The maximum atomic E-state index is 11.8. The fourth-order valence-corrected chi connectivity index (χ4v) is 3.34. The molecule has 0 saturated carbocycles. The Morgan fingerprint density at radius 1 is 1.05 bits per heavy atom. The Balaban J connectivity index is 5.04. The van der Waals surface area contributed by atoms with Gasteiger partial charge in [-0.3, -0.25) is 0 Å². The molecule has 0 aliphatic carbocycles. The topological polar surface area (TPSA) is 46.6 Å². The molecule has 0 aromatic heterocycles. The number of hydrogen-bond acceptors (Lipinski definition) is 3. The molecule has 1 unspecified atom stereocenters. The van der Waals surface area contributed by atoms with E-state index in [9.17, 15) is 8.42 Å². The monoisotopic (exact) mass is 307 g/mol. The van der Waals surface area contributed by atoms with Crippen molar-refractivity contribution in [1.82, 2.24) is 4.31 Å². The maximum Gasteiger partial charge on any atom is 0.211 e. The quantitative estimate of drug-likeness (QED) is 0.725. The van der Waals surface area contributed by atoms with Crippen LogP contribution in [0.25, 0.3) is 0 Å². The van der Waals surface area contributed by atoms with E-state index < -0.39 is 15.6 Å². The van der Waals surface area contributed by atoms with E-state index in [4.69, 9.17) is 4.74 Å². The third kappa shape index (κ3) is 7.60. The Hall–Kier alpha value is -0.130. The van der Waals surface area contributed by atoms with Crippen LogP contribution in [0.1, 0.15) is 61.3 Å². The van der Waals surface area contributed by atoms with Crippen LogP contribution in [0.4, 0.5) is 0 Å². The molecule has 0 bridgehead atoms. The SMILES string of the molecule is CC(C)OC(CC(C)(C)C)CC(C)(C)N(C)S(C)(=O)=O. The van der Waals surface area contributed by atoms with Crippen molar-refractivity contribution < 1.29 is 13.2 Å². The van der Waals surface area contributed by atoms with Crippen molar-refractivity contribution in [2.75, 3.05) is 13.3 Å². The van der Waals surface area contributed by atoms with E-state index >= 15 is 0 Å². The van der Waals surface area contributed by atoms with Crippen LogP contribution in [0.2, 0.25) is 0 Å². The van der Waals surface area contributed by atoms with Gasteiger partial charge in [-0.2, -0.15) is 4.31 Å². The van der Waals surface area contributed by atoms with E-state index in [0.29, 0.717) is 6.42 Å². The molecule has 0 aliphatic rings. The van der Waals surface area contributed by atoms with Gasteiger partial charge in [0.2, 0.25) is 10.0 Å². The van der Waals surface area contributed by atoms with E-state index in [1.807, 2.05) is 27.7 Å². The van der Waals surface area contributed by atoms with Crippen molar-refractivity contribution in [2.45, 2.75) is 79.1 Å². The van der Waals surface area contributed by atoms with Crippen LogP contribution in [0.3, 0.4) is 0 Å². The molecule has 5 heteroatoms.